The van der Waals surface area contributed by atoms with Crippen LogP contribution < -0.4 is 0 Å². The quantitative estimate of drug-likeness (QED) is 0.388. The molecule has 2 rings (SSSR count). The summed E-state index contributed by atoms with van der Waals surface area (Å²) in [5.41, 5.74) is 0. The molecule has 13 heavy (non-hydrogen) atoms. The summed E-state index contributed by atoms with van der Waals surface area (Å²) in [6.45, 7) is 8.17. The first-order valence-corrected chi connectivity index (χ1v) is 5.72. The van der Waals surface area contributed by atoms with Gasteiger partial charge in [0.25, 0.3) is 0 Å². The molecule has 2 unspecified atom stereocenters. The number of allylic oxidation sites excluding steroid dienone is 2. The van der Waals surface area contributed by atoms with Crippen LogP contribution in [0.5, 0.6) is 0 Å². The Kier molecular flexibility index (Phi) is 2.29. The smallest absolute Gasteiger partial charge is 0.0880 e. The first kappa shape index (κ1) is 9.36. The van der Waals surface area contributed by atoms with Gasteiger partial charge in [-0.05, 0) is 24.7 Å². The second kappa shape index (κ2) is 3.18. The Morgan fingerprint density at radius 2 is 2.00 bits per heavy atom. The zero-order valence-corrected chi connectivity index (χ0v) is 9.22. The van der Waals surface area contributed by atoms with Crippen molar-refractivity contribution >= 4 is 6.71 Å². The largest absolute Gasteiger partial charge is 0.146 e. The summed E-state index contributed by atoms with van der Waals surface area (Å²) < 4.78 is 0. The Hall–Kier alpha value is -0.195. The Bertz CT molecular complexity index is 212. The molecular formula is C12H21B. The molecular weight excluding hydrogens is 155 g/mol. The fourth-order valence-electron chi connectivity index (χ4n) is 3.00. The molecule has 2 bridgehead atoms. The summed E-state index contributed by atoms with van der Waals surface area (Å²) in [5, 5.41) is 0.530. The van der Waals surface area contributed by atoms with Gasteiger partial charge in [-0.2, -0.15) is 0 Å². The molecule has 1 fully saturated rings. The number of hydrogen-bond acceptors (Lipinski definition) is 0. The summed E-state index contributed by atoms with van der Waals surface area (Å²) in [7, 11) is 0. The average Bonchev–Trinajstić information content (AvgIpc) is 2.01. The van der Waals surface area contributed by atoms with Gasteiger partial charge in [-0.1, -0.05) is 50.9 Å². The van der Waals surface area contributed by atoms with E-state index in [0.29, 0.717) is 5.31 Å². The van der Waals surface area contributed by atoms with Crippen LogP contribution in [0.4, 0.5) is 0 Å². The molecule has 72 valence electrons. The van der Waals surface area contributed by atoms with Gasteiger partial charge in [0.2, 0.25) is 0 Å². The van der Waals surface area contributed by atoms with Crippen molar-refractivity contribution in [3.63, 3.8) is 0 Å². The fourth-order valence-corrected chi connectivity index (χ4v) is 3.00. The van der Waals surface area contributed by atoms with Crippen molar-refractivity contribution in [2.24, 2.45) is 11.8 Å². The molecule has 0 radical (unpaired) electrons. The molecule has 0 spiro atoms. The number of fused-ring (bicyclic) bond motifs is 2. The minimum absolute atomic E-state index is 0.530. The van der Waals surface area contributed by atoms with Crippen LogP contribution in [0.1, 0.15) is 33.6 Å². The van der Waals surface area contributed by atoms with Crippen molar-refractivity contribution in [3.8, 4) is 0 Å². The fraction of sp³-hybridized carbons (Fsp3) is 0.833. The standard InChI is InChI=1S/C12H21B/c1-12(2,3)13-8-10-5-4-6-11(7-10)9-13/h4-5,10-11H,6-9H2,1-3H3. The van der Waals surface area contributed by atoms with E-state index >= 15 is 0 Å². The van der Waals surface area contributed by atoms with Crippen LogP contribution in [0.15, 0.2) is 12.2 Å². The van der Waals surface area contributed by atoms with Gasteiger partial charge in [0.15, 0.2) is 0 Å². The highest BCUT2D eigenvalue weighted by atomic mass is 14.3. The molecule has 1 aliphatic heterocycles. The Balaban J connectivity index is 2.07. The number of hydrogen-bond donors (Lipinski definition) is 0. The first-order valence-electron chi connectivity index (χ1n) is 5.72. The molecule has 0 aromatic rings. The molecule has 2 atom stereocenters. The van der Waals surface area contributed by atoms with E-state index in [-0.39, 0.29) is 0 Å². The van der Waals surface area contributed by atoms with E-state index in [0.717, 1.165) is 18.5 Å². The van der Waals surface area contributed by atoms with Gasteiger partial charge in [0, 0.05) is 0 Å². The molecule has 1 heterocycles. The lowest BCUT2D eigenvalue weighted by Crippen LogP contribution is -2.35. The summed E-state index contributed by atoms with van der Waals surface area (Å²) in [5.74, 6) is 1.92. The van der Waals surface area contributed by atoms with Crippen LogP contribution in [0.2, 0.25) is 18.0 Å². The second-order valence-electron chi connectivity index (χ2n) is 6.06. The summed E-state index contributed by atoms with van der Waals surface area (Å²) in [6.07, 6.45) is 10.6. The van der Waals surface area contributed by atoms with Crippen molar-refractivity contribution < 1.29 is 0 Å². The predicted octanol–water partition coefficient (Wildman–Crippen LogP) is 3.88. The first-order chi connectivity index (χ1) is 6.05. The third-order valence-electron chi connectivity index (χ3n) is 3.94. The van der Waals surface area contributed by atoms with E-state index in [1.54, 1.807) is 0 Å². The lowest BCUT2D eigenvalue weighted by Gasteiger charge is -2.40. The van der Waals surface area contributed by atoms with Crippen LogP contribution in [-0.2, 0) is 0 Å². The van der Waals surface area contributed by atoms with Crippen molar-refractivity contribution in [2.45, 2.75) is 51.6 Å². The van der Waals surface area contributed by atoms with Crippen LogP contribution in [-0.4, -0.2) is 6.71 Å². The molecule has 0 N–H and O–H groups in total. The minimum Gasteiger partial charge on any atom is -0.0880 e. The third-order valence-corrected chi connectivity index (χ3v) is 3.94. The van der Waals surface area contributed by atoms with Crippen molar-refractivity contribution in [2.75, 3.05) is 0 Å². The molecule has 0 saturated carbocycles. The predicted molar refractivity (Wildman–Crippen MR) is 60.4 cm³/mol. The zero-order valence-electron chi connectivity index (χ0n) is 9.22. The van der Waals surface area contributed by atoms with Crippen LogP contribution in [0.25, 0.3) is 0 Å². The van der Waals surface area contributed by atoms with Crippen LogP contribution in [0, 0.1) is 11.8 Å². The lowest BCUT2D eigenvalue weighted by atomic mass is 9.26. The Labute approximate surface area is 82.9 Å². The average molecular weight is 176 g/mol. The highest BCUT2D eigenvalue weighted by Crippen LogP contribution is 2.44. The number of rotatable bonds is 0. The van der Waals surface area contributed by atoms with Crippen LogP contribution in [0.3, 0.4) is 0 Å². The maximum atomic E-state index is 2.47. The third kappa shape index (κ3) is 2.00. The maximum Gasteiger partial charge on any atom is 0.146 e. The molecule has 1 saturated heterocycles. The topological polar surface area (TPSA) is 0 Å². The zero-order chi connectivity index (χ0) is 9.47. The Morgan fingerprint density at radius 3 is 2.62 bits per heavy atom. The van der Waals surface area contributed by atoms with Gasteiger partial charge < -0.3 is 0 Å². The van der Waals surface area contributed by atoms with Gasteiger partial charge in [0.1, 0.15) is 6.71 Å². The van der Waals surface area contributed by atoms with Gasteiger partial charge in [0.05, 0.1) is 0 Å². The Morgan fingerprint density at radius 1 is 1.23 bits per heavy atom. The van der Waals surface area contributed by atoms with Gasteiger partial charge >= 0.3 is 0 Å². The van der Waals surface area contributed by atoms with Gasteiger partial charge in [-0.3, -0.25) is 0 Å². The molecule has 0 nitrogen and oxygen atoms in total. The van der Waals surface area contributed by atoms with Crippen molar-refractivity contribution in [1.29, 1.82) is 0 Å². The monoisotopic (exact) mass is 176 g/mol. The van der Waals surface area contributed by atoms with E-state index in [1.165, 1.54) is 25.5 Å². The maximum absolute atomic E-state index is 2.47. The van der Waals surface area contributed by atoms with Crippen molar-refractivity contribution in [1.82, 2.24) is 0 Å². The molecule has 0 aromatic carbocycles. The van der Waals surface area contributed by atoms with Gasteiger partial charge in [-0.15, -0.1) is 0 Å². The van der Waals surface area contributed by atoms with Crippen molar-refractivity contribution in [3.05, 3.63) is 12.2 Å². The van der Waals surface area contributed by atoms with Gasteiger partial charge in [-0.25, -0.2) is 0 Å². The summed E-state index contributed by atoms with van der Waals surface area (Å²) >= 11 is 0. The molecule has 0 aromatic heterocycles. The highest BCUT2D eigenvalue weighted by Gasteiger charge is 2.37. The second-order valence-corrected chi connectivity index (χ2v) is 6.06. The van der Waals surface area contributed by atoms with E-state index in [4.69, 9.17) is 0 Å². The SMILES string of the molecule is CC(C)(C)B1CC2C=CCC(C1)C2. The highest BCUT2D eigenvalue weighted by molar-refractivity contribution is 6.62. The molecule has 2 aliphatic rings. The van der Waals surface area contributed by atoms with E-state index in [9.17, 15) is 0 Å². The van der Waals surface area contributed by atoms with Crippen LogP contribution >= 0.6 is 0 Å². The van der Waals surface area contributed by atoms with E-state index in [2.05, 4.69) is 32.9 Å². The minimum atomic E-state index is 0.530. The molecule has 1 aliphatic carbocycles. The van der Waals surface area contributed by atoms with E-state index in [1.807, 2.05) is 0 Å². The lowest BCUT2D eigenvalue weighted by molar-refractivity contribution is 0.412. The molecule has 0 amide bonds. The summed E-state index contributed by atoms with van der Waals surface area (Å²) in [6, 6.07) is 0. The normalized spacial score (nSPS) is 33.6. The molecule has 1 heteroatoms. The summed E-state index contributed by atoms with van der Waals surface area (Å²) in [4.78, 5) is 0. The van der Waals surface area contributed by atoms with E-state index < -0.39 is 0 Å².